The van der Waals surface area contributed by atoms with Crippen molar-refractivity contribution in [2.24, 2.45) is 11.8 Å². The molecule has 0 aliphatic carbocycles. The average Bonchev–Trinajstić information content (AvgIpc) is 3.37. The van der Waals surface area contributed by atoms with Gasteiger partial charge in [-0.2, -0.15) is 0 Å². The number of rotatable bonds is 9. The SMILES string of the molecule is O=C1[C@@H]2[C@H]3C(=O)N(CCCCCCO)C4C(=O)N(c5ccc6ccccc6c5)CC=C[C@@]43S[C@@H]2C=CCN1Cc1ccccc1. The van der Waals surface area contributed by atoms with Gasteiger partial charge in [0, 0.05) is 43.7 Å². The fraction of sp³-hybridized carbons (Fsp3) is 0.378. The summed E-state index contributed by atoms with van der Waals surface area (Å²) in [6.07, 6.45) is 11.5. The minimum Gasteiger partial charge on any atom is -0.396 e. The van der Waals surface area contributed by atoms with Gasteiger partial charge in [-0.25, -0.2) is 0 Å². The van der Waals surface area contributed by atoms with E-state index in [1.807, 2.05) is 82.6 Å². The van der Waals surface area contributed by atoms with E-state index >= 15 is 0 Å². The van der Waals surface area contributed by atoms with E-state index < -0.39 is 22.6 Å². The van der Waals surface area contributed by atoms with Crippen LogP contribution in [0.3, 0.4) is 0 Å². The fourth-order valence-electron chi connectivity index (χ4n) is 7.70. The van der Waals surface area contributed by atoms with E-state index in [2.05, 4.69) is 24.3 Å². The highest BCUT2D eigenvalue weighted by Crippen LogP contribution is 2.61. The van der Waals surface area contributed by atoms with Gasteiger partial charge in [0.1, 0.15) is 6.04 Å². The van der Waals surface area contributed by atoms with Crippen LogP contribution in [0.15, 0.2) is 97.1 Å². The molecule has 3 aromatic carbocycles. The highest BCUT2D eigenvalue weighted by atomic mass is 32.2. The first kappa shape index (κ1) is 29.8. The Morgan fingerprint density at radius 2 is 1.58 bits per heavy atom. The summed E-state index contributed by atoms with van der Waals surface area (Å²) in [6, 6.07) is 23.4. The van der Waals surface area contributed by atoms with Gasteiger partial charge in [0.2, 0.25) is 11.8 Å². The molecule has 3 aromatic rings. The van der Waals surface area contributed by atoms with Gasteiger partial charge in [0.25, 0.3) is 5.91 Å². The van der Waals surface area contributed by atoms with Crippen molar-refractivity contribution in [3.8, 4) is 0 Å². The summed E-state index contributed by atoms with van der Waals surface area (Å²) in [5, 5.41) is 11.2. The van der Waals surface area contributed by atoms with E-state index in [1.54, 1.807) is 16.7 Å². The fourth-order valence-corrected chi connectivity index (χ4v) is 9.71. The lowest BCUT2D eigenvalue weighted by Crippen LogP contribution is -2.53. The van der Waals surface area contributed by atoms with Crippen molar-refractivity contribution in [1.29, 1.82) is 0 Å². The molecule has 1 unspecified atom stereocenters. The molecule has 0 radical (unpaired) electrons. The third-order valence-electron chi connectivity index (χ3n) is 9.81. The third-order valence-corrected chi connectivity index (χ3v) is 11.6. The Balaban J connectivity index is 1.25. The molecule has 1 spiro atoms. The molecule has 4 heterocycles. The van der Waals surface area contributed by atoms with E-state index in [0.29, 0.717) is 26.2 Å². The van der Waals surface area contributed by atoms with Crippen LogP contribution in [-0.2, 0) is 20.9 Å². The second-order valence-electron chi connectivity index (χ2n) is 12.5. The number of hydrogen-bond acceptors (Lipinski definition) is 5. The monoisotopic (exact) mass is 621 g/mol. The number of aliphatic hydroxyl groups excluding tert-OH is 1. The maximum absolute atomic E-state index is 14.8. The van der Waals surface area contributed by atoms with Gasteiger partial charge in [-0.1, -0.05) is 97.8 Å². The van der Waals surface area contributed by atoms with E-state index in [4.69, 9.17) is 0 Å². The molecule has 0 bridgehead atoms. The predicted molar refractivity (Wildman–Crippen MR) is 179 cm³/mol. The minimum atomic E-state index is -0.837. The van der Waals surface area contributed by atoms with Gasteiger partial charge < -0.3 is 19.8 Å². The van der Waals surface area contributed by atoms with Crippen molar-refractivity contribution in [3.63, 3.8) is 0 Å². The van der Waals surface area contributed by atoms with Crippen molar-refractivity contribution >= 4 is 45.9 Å². The summed E-state index contributed by atoms with van der Waals surface area (Å²) >= 11 is 1.63. The smallest absolute Gasteiger partial charge is 0.251 e. The lowest BCUT2D eigenvalue weighted by atomic mass is 9.78. The van der Waals surface area contributed by atoms with Crippen molar-refractivity contribution in [2.75, 3.05) is 31.1 Å². The van der Waals surface area contributed by atoms with Gasteiger partial charge in [0.05, 0.1) is 16.6 Å². The van der Waals surface area contributed by atoms with Crippen LogP contribution in [0, 0.1) is 11.8 Å². The summed E-state index contributed by atoms with van der Waals surface area (Å²) in [7, 11) is 0. The van der Waals surface area contributed by atoms with Crippen molar-refractivity contribution < 1.29 is 19.5 Å². The molecule has 4 aliphatic rings. The molecule has 2 saturated heterocycles. The van der Waals surface area contributed by atoms with Crippen molar-refractivity contribution in [2.45, 2.75) is 48.3 Å². The molecule has 45 heavy (non-hydrogen) atoms. The molecule has 1 N–H and O–H groups in total. The van der Waals surface area contributed by atoms with E-state index in [9.17, 15) is 19.5 Å². The normalized spacial score (nSPS) is 27.5. The number of thioether (sulfide) groups is 1. The Kier molecular flexibility index (Phi) is 8.27. The highest BCUT2D eigenvalue weighted by molar-refractivity contribution is 8.02. The van der Waals surface area contributed by atoms with Gasteiger partial charge in [-0.15, -0.1) is 11.8 Å². The number of benzene rings is 3. The van der Waals surface area contributed by atoms with Gasteiger partial charge >= 0.3 is 0 Å². The summed E-state index contributed by atoms with van der Waals surface area (Å²) in [6.45, 7) is 1.98. The summed E-state index contributed by atoms with van der Waals surface area (Å²) < 4.78 is -0.837. The molecule has 8 heteroatoms. The Bertz CT molecular complexity index is 1660. The number of hydrogen-bond donors (Lipinski definition) is 1. The molecule has 0 aromatic heterocycles. The number of nitrogens with zero attached hydrogens (tertiary/aromatic N) is 3. The van der Waals surface area contributed by atoms with Crippen LogP contribution in [0.1, 0.15) is 31.2 Å². The number of fused-ring (bicyclic) bond motifs is 3. The van der Waals surface area contributed by atoms with Crippen LogP contribution in [0.25, 0.3) is 10.8 Å². The number of amides is 3. The van der Waals surface area contributed by atoms with Crippen LogP contribution in [-0.4, -0.2) is 74.9 Å². The van der Waals surface area contributed by atoms with Crippen LogP contribution >= 0.6 is 11.8 Å². The molecule has 0 saturated carbocycles. The molecule has 232 valence electrons. The van der Waals surface area contributed by atoms with E-state index in [-0.39, 0.29) is 29.6 Å². The lowest BCUT2D eigenvalue weighted by molar-refractivity contribution is -0.143. The molecule has 7 rings (SSSR count). The van der Waals surface area contributed by atoms with E-state index in [0.717, 1.165) is 47.7 Å². The summed E-state index contributed by atoms with van der Waals surface area (Å²) in [5.41, 5.74) is 1.86. The number of anilines is 1. The molecule has 4 aliphatic heterocycles. The highest BCUT2D eigenvalue weighted by Gasteiger charge is 2.71. The van der Waals surface area contributed by atoms with Gasteiger partial charge in [0.15, 0.2) is 0 Å². The molecule has 2 fully saturated rings. The maximum Gasteiger partial charge on any atom is 0.251 e. The van der Waals surface area contributed by atoms with E-state index in [1.165, 1.54) is 0 Å². The first-order valence-corrected chi connectivity index (χ1v) is 17.0. The van der Waals surface area contributed by atoms with Crippen LogP contribution in [0.4, 0.5) is 5.69 Å². The van der Waals surface area contributed by atoms with Crippen LogP contribution in [0.5, 0.6) is 0 Å². The Labute approximate surface area is 268 Å². The third kappa shape index (κ3) is 5.28. The van der Waals surface area contributed by atoms with Crippen LogP contribution in [0.2, 0.25) is 0 Å². The minimum absolute atomic E-state index is 0.0170. The molecular formula is C37H39N3O4S. The lowest BCUT2D eigenvalue weighted by Gasteiger charge is -2.35. The second kappa shape index (κ2) is 12.5. The Morgan fingerprint density at radius 1 is 0.800 bits per heavy atom. The van der Waals surface area contributed by atoms with Crippen molar-refractivity contribution in [1.82, 2.24) is 9.80 Å². The molecular weight excluding hydrogens is 582 g/mol. The van der Waals surface area contributed by atoms with Gasteiger partial charge in [-0.3, -0.25) is 14.4 Å². The van der Waals surface area contributed by atoms with Gasteiger partial charge in [-0.05, 0) is 41.3 Å². The Morgan fingerprint density at radius 3 is 2.40 bits per heavy atom. The topological polar surface area (TPSA) is 81.2 Å². The zero-order valence-corrected chi connectivity index (χ0v) is 26.1. The zero-order valence-electron chi connectivity index (χ0n) is 25.3. The first-order chi connectivity index (χ1) is 22.0. The maximum atomic E-state index is 14.8. The Hall–Kier alpha value is -3.88. The molecule has 7 nitrogen and oxygen atoms in total. The number of aliphatic hydroxyl groups is 1. The summed E-state index contributed by atoms with van der Waals surface area (Å²) in [4.78, 5) is 49.2. The number of carbonyl (C=O) groups is 3. The first-order valence-electron chi connectivity index (χ1n) is 16.1. The predicted octanol–water partition coefficient (Wildman–Crippen LogP) is 5.19. The molecule has 5 atom stereocenters. The zero-order chi connectivity index (χ0) is 31.0. The average molecular weight is 622 g/mol. The van der Waals surface area contributed by atoms with Crippen LogP contribution < -0.4 is 4.90 Å². The molecule has 3 amide bonds. The largest absolute Gasteiger partial charge is 0.396 e. The van der Waals surface area contributed by atoms with Crippen molar-refractivity contribution in [3.05, 3.63) is 103 Å². The second-order valence-corrected chi connectivity index (χ2v) is 14.0. The quantitative estimate of drug-likeness (QED) is 0.263. The standard InChI is InChI=1S/C37H39N3O4S/c41-23-9-2-1-8-21-40-33-36(44)39(29-18-17-27-14-6-7-15-28(27)24-29)22-11-19-37(33)32(35(40)43)31-30(45-37)16-10-20-38(34(31)42)25-26-12-4-3-5-13-26/h3-7,10-19,24,30-33,41H,1-2,8-9,20-23,25H2/t30-,31+,32+,33?,37+/m1/s1. The number of carbonyl (C=O) groups excluding carboxylic acids is 3. The number of unbranched alkanes of at least 4 members (excludes halogenated alkanes) is 3. The number of likely N-dealkylation sites (tertiary alicyclic amines) is 1. The summed E-state index contributed by atoms with van der Waals surface area (Å²) in [5.74, 6) is -1.37.